The minimum Gasteiger partial charge on any atom is -0.337 e. The molecule has 1 aromatic heterocycles. The smallest absolute Gasteiger partial charge is 0.337 e. The van der Waals surface area contributed by atoms with Crippen LogP contribution in [0.4, 0.5) is 13.2 Å². The van der Waals surface area contributed by atoms with E-state index in [1.807, 2.05) is 6.92 Å². The molecule has 1 saturated heterocycles. The molecule has 1 amide bonds. The van der Waals surface area contributed by atoms with Crippen LogP contribution in [0.5, 0.6) is 0 Å². The third-order valence-corrected chi connectivity index (χ3v) is 5.56. The Morgan fingerprint density at radius 3 is 2.81 bits per heavy atom. The van der Waals surface area contributed by atoms with E-state index in [4.69, 9.17) is 0 Å². The first-order chi connectivity index (χ1) is 12.3. The van der Waals surface area contributed by atoms with Crippen LogP contribution in [-0.4, -0.2) is 28.9 Å². The number of piperidine rings is 1. The molecule has 0 radical (unpaired) electrons. The number of benzene rings is 1. The first-order valence-corrected chi connectivity index (χ1v) is 9.59. The highest BCUT2D eigenvalue weighted by molar-refractivity contribution is 7.09. The van der Waals surface area contributed by atoms with Crippen LogP contribution < -0.4 is 0 Å². The maximum atomic E-state index is 13.1. The third-order valence-electron chi connectivity index (χ3n) is 4.79. The summed E-state index contributed by atoms with van der Waals surface area (Å²) in [6.45, 7) is 3.13. The highest BCUT2D eigenvalue weighted by Gasteiger charge is 2.33. The molecule has 7 heteroatoms. The van der Waals surface area contributed by atoms with Gasteiger partial charge in [-0.15, -0.1) is 11.3 Å². The van der Waals surface area contributed by atoms with Gasteiger partial charge in [-0.2, -0.15) is 13.2 Å². The van der Waals surface area contributed by atoms with Gasteiger partial charge >= 0.3 is 6.18 Å². The molecule has 0 spiro atoms. The molecule has 2 aromatic rings. The number of hydrogen-bond donors (Lipinski definition) is 0. The zero-order chi connectivity index (χ0) is 18.7. The SMILES string of the molecule is Cc1nc(C(=O)N2CCC[C@@H](CCc3ccccc3C(F)(F)F)C2)cs1. The first-order valence-electron chi connectivity index (χ1n) is 8.71. The Bertz CT molecular complexity index is 772. The van der Waals surface area contributed by atoms with E-state index in [0.29, 0.717) is 37.2 Å². The van der Waals surface area contributed by atoms with Crippen LogP contribution in [0.25, 0.3) is 0 Å². The Labute approximate surface area is 154 Å². The van der Waals surface area contributed by atoms with Gasteiger partial charge in [0.05, 0.1) is 10.6 Å². The fraction of sp³-hybridized carbons (Fsp3) is 0.474. The molecule has 1 aliphatic heterocycles. The largest absolute Gasteiger partial charge is 0.416 e. The monoisotopic (exact) mass is 382 g/mol. The van der Waals surface area contributed by atoms with Crippen LogP contribution in [0.3, 0.4) is 0 Å². The lowest BCUT2D eigenvalue weighted by Gasteiger charge is -2.32. The van der Waals surface area contributed by atoms with E-state index in [0.717, 1.165) is 23.9 Å². The molecule has 0 bridgehead atoms. The lowest BCUT2D eigenvalue weighted by atomic mass is 9.90. The van der Waals surface area contributed by atoms with Gasteiger partial charge in [-0.05, 0) is 50.2 Å². The van der Waals surface area contributed by atoms with E-state index in [2.05, 4.69) is 4.98 Å². The molecule has 3 rings (SSSR count). The number of aryl methyl sites for hydroxylation is 2. The second-order valence-electron chi connectivity index (χ2n) is 6.70. The molecule has 3 nitrogen and oxygen atoms in total. The van der Waals surface area contributed by atoms with E-state index in [-0.39, 0.29) is 11.8 Å². The molecule has 0 N–H and O–H groups in total. The minimum atomic E-state index is -4.33. The van der Waals surface area contributed by atoms with E-state index in [1.165, 1.54) is 17.4 Å². The molecule has 1 aromatic carbocycles. The summed E-state index contributed by atoms with van der Waals surface area (Å²) in [6.07, 6.45) is -1.49. The Kier molecular flexibility index (Phi) is 5.65. The molecular weight excluding hydrogens is 361 g/mol. The Morgan fingerprint density at radius 2 is 2.12 bits per heavy atom. The van der Waals surface area contributed by atoms with Gasteiger partial charge in [-0.25, -0.2) is 4.98 Å². The Balaban J connectivity index is 1.62. The van der Waals surface area contributed by atoms with Crippen LogP contribution in [0, 0.1) is 12.8 Å². The van der Waals surface area contributed by atoms with E-state index in [1.54, 1.807) is 22.4 Å². The number of hydrogen-bond acceptors (Lipinski definition) is 3. The molecule has 2 heterocycles. The summed E-state index contributed by atoms with van der Waals surface area (Å²) in [5.41, 5.74) is 0.246. The van der Waals surface area contributed by atoms with Crippen LogP contribution >= 0.6 is 11.3 Å². The maximum absolute atomic E-state index is 13.1. The van der Waals surface area contributed by atoms with Crippen LogP contribution in [0.15, 0.2) is 29.6 Å². The van der Waals surface area contributed by atoms with Gasteiger partial charge in [0.2, 0.25) is 0 Å². The summed E-state index contributed by atoms with van der Waals surface area (Å²) in [7, 11) is 0. The molecule has 0 aliphatic carbocycles. The van der Waals surface area contributed by atoms with Gasteiger partial charge in [0.1, 0.15) is 5.69 Å². The minimum absolute atomic E-state index is 0.0743. The number of carbonyl (C=O) groups excluding carboxylic acids is 1. The molecule has 1 atom stereocenters. The number of likely N-dealkylation sites (tertiary alicyclic amines) is 1. The second kappa shape index (κ2) is 7.78. The van der Waals surface area contributed by atoms with Crippen molar-refractivity contribution in [2.45, 2.75) is 38.8 Å². The van der Waals surface area contributed by atoms with Crippen molar-refractivity contribution in [2.24, 2.45) is 5.92 Å². The van der Waals surface area contributed by atoms with Gasteiger partial charge in [0.15, 0.2) is 0 Å². The Morgan fingerprint density at radius 1 is 1.35 bits per heavy atom. The van der Waals surface area contributed by atoms with Crippen molar-refractivity contribution in [3.05, 3.63) is 51.5 Å². The first kappa shape index (κ1) is 18.9. The number of carbonyl (C=O) groups is 1. The summed E-state index contributed by atoms with van der Waals surface area (Å²) in [5.74, 6) is 0.142. The lowest BCUT2D eigenvalue weighted by molar-refractivity contribution is -0.138. The average molecular weight is 382 g/mol. The van der Waals surface area contributed by atoms with Crippen molar-refractivity contribution in [3.63, 3.8) is 0 Å². The van der Waals surface area contributed by atoms with Gasteiger partial charge in [-0.1, -0.05) is 18.2 Å². The molecule has 140 valence electrons. The third kappa shape index (κ3) is 4.44. The van der Waals surface area contributed by atoms with Crippen molar-refractivity contribution in [3.8, 4) is 0 Å². The normalized spacial score (nSPS) is 18.2. The Hall–Kier alpha value is -1.89. The number of alkyl halides is 3. The highest BCUT2D eigenvalue weighted by atomic mass is 32.1. The average Bonchev–Trinajstić information content (AvgIpc) is 3.05. The van der Waals surface area contributed by atoms with Crippen molar-refractivity contribution < 1.29 is 18.0 Å². The number of thiazole rings is 1. The molecule has 1 fully saturated rings. The summed E-state index contributed by atoms with van der Waals surface area (Å²) < 4.78 is 39.3. The molecule has 26 heavy (non-hydrogen) atoms. The summed E-state index contributed by atoms with van der Waals surface area (Å²) >= 11 is 1.44. The predicted octanol–water partition coefficient (Wildman–Crippen LogP) is 4.96. The molecule has 0 unspecified atom stereocenters. The number of aromatic nitrogens is 1. The quantitative estimate of drug-likeness (QED) is 0.749. The van der Waals surface area contributed by atoms with Crippen molar-refractivity contribution in [1.82, 2.24) is 9.88 Å². The predicted molar refractivity (Wildman–Crippen MR) is 95.2 cm³/mol. The number of amides is 1. The standard InChI is InChI=1S/C19H21F3N2OS/c1-13-23-17(12-26-13)18(25)24-10-4-5-14(11-24)8-9-15-6-2-3-7-16(15)19(20,21)22/h2-3,6-7,12,14H,4-5,8-11H2,1H3/t14-/m0/s1. The fourth-order valence-electron chi connectivity index (χ4n) is 3.48. The van der Waals surface area contributed by atoms with E-state index >= 15 is 0 Å². The van der Waals surface area contributed by atoms with Gasteiger partial charge < -0.3 is 4.90 Å². The molecular formula is C19H21F3N2OS. The van der Waals surface area contributed by atoms with Crippen molar-refractivity contribution >= 4 is 17.2 Å². The van der Waals surface area contributed by atoms with Gasteiger partial charge in [0.25, 0.3) is 5.91 Å². The van der Waals surface area contributed by atoms with E-state index in [9.17, 15) is 18.0 Å². The van der Waals surface area contributed by atoms with Crippen molar-refractivity contribution in [2.75, 3.05) is 13.1 Å². The molecule has 1 aliphatic rings. The van der Waals surface area contributed by atoms with Crippen LogP contribution in [-0.2, 0) is 12.6 Å². The summed E-state index contributed by atoms with van der Waals surface area (Å²) in [4.78, 5) is 18.6. The van der Waals surface area contributed by atoms with Crippen LogP contribution in [0.2, 0.25) is 0 Å². The van der Waals surface area contributed by atoms with Gasteiger partial charge in [0, 0.05) is 18.5 Å². The number of nitrogens with zero attached hydrogens (tertiary/aromatic N) is 2. The van der Waals surface area contributed by atoms with Crippen molar-refractivity contribution in [1.29, 1.82) is 0 Å². The van der Waals surface area contributed by atoms with Gasteiger partial charge in [-0.3, -0.25) is 4.79 Å². The lowest BCUT2D eigenvalue weighted by Crippen LogP contribution is -2.40. The number of rotatable bonds is 4. The molecule has 0 saturated carbocycles. The zero-order valence-corrected chi connectivity index (χ0v) is 15.4. The second-order valence-corrected chi connectivity index (χ2v) is 7.77. The summed E-state index contributed by atoms with van der Waals surface area (Å²) in [6, 6.07) is 5.75. The fourth-order valence-corrected chi connectivity index (χ4v) is 4.07. The summed E-state index contributed by atoms with van der Waals surface area (Å²) in [5, 5.41) is 2.62. The number of halogens is 3. The zero-order valence-electron chi connectivity index (χ0n) is 14.6. The highest BCUT2D eigenvalue weighted by Crippen LogP contribution is 2.33. The topological polar surface area (TPSA) is 33.2 Å². The van der Waals surface area contributed by atoms with Crippen LogP contribution in [0.1, 0.15) is 45.9 Å². The maximum Gasteiger partial charge on any atom is 0.416 e. The van der Waals surface area contributed by atoms with E-state index < -0.39 is 11.7 Å².